The molecule has 4 amide bonds. The van der Waals surface area contributed by atoms with E-state index in [0.717, 1.165) is 83.9 Å². The molecule has 10 fully saturated rings. The van der Waals surface area contributed by atoms with Crippen LogP contribution < -0.4 is 16.4 Å². The first-order valence-electron chi connectivity index (χ1n) is 30.1. The first-order valence-corrected chi connectivity index (χ1v) is 30.1. The number of isocyanates is 1. The van der Waals surface area contributed by atoms with E-state index in [-0.39, 0.29) is 99.4 Å². The number of nitrogens with zero attached hydrogens (tertiary/aromatic N) is 3. The van der Waals surface area contributed by atoms with Crippen LogP contribution in [0.2, 0.25) is 0 Å². The number of halogens is 1. The van der Waals surface area contributed by atoms with E-state index >= 15 is 0 Å². The zero-order valence-corrected chi connectivity index (χ0v) is 51.6. The summed E-state index contributed by atoms with van der Waals surface area (Å²) >= 11 is 0. The molecule has 4 aliphatic heterocycles. The van der Waals surface area contributed by atoms with E-state index in [1.807, 2.05) is 90.3 Å². The summed E-state index contributed by atoms with van der Waals surface area (Å²) in [4.78, 5) is 54.8. The zero-order chi connectivity index (χ0) is 58.7. The molecule has 6 aliphatic carbocycles. The predicted molar refractivity (Wildman–Crippen MR) is 334 cm³/mol. The summed E-state index contributed by atoms with van der Waals surface area (Å²) in [6.07, 6.45) is 13.8. The van der Waals surface area contributed by atoms with Crippen molar-refractivity contribution >= 4 is 72.9 Å². The molecule has 4 bridgehead atoms. The van der Waals surface area contributed by atoms with Crippen molar-refractivity contribution in [2.75, 3.05) is 26.2 Å². The number of para-hydroxylation sites is 2. The van der Waals surface area contributed by atoms with E-state index in [1.54, 1.807) is 16.1 Å². The summed E-state index contributed by atoms with van der Waals surface area (Å²) in [5.74, 6) is 1.77. The topological polar surface area (TPSA) is 219 Å². The first-order chi connectivity index (χ1) is 38.7. The SMILES string of the molecule is C.C.CC(C)(C)OC(=O)N1CCC[C@@H]1CN=C=O.CC(C)(C)OC(=O)N1CCC[C@@H]1CNC(=O)N[C@@H](Cc1coc2ccccc12)B1O[C@@H]2C[C@@H]3C[C@@H](C3(C)C)[C@]2(C)O1.CC1(C)[C@@H]2C[C@H]3OB([C@@H](N)Cc4coc5ccccc45)O[C@@]3(C)[C@H]1C2.Cl. The second-order valence-electron chi connectivity index (χ2n) is 28.1. The Balaban J connectivity index is 0.000000200. The second kappa shape index (κ2) is 25.9. The summed E-state index contributed by atoms with van der Waals surface area (Å²) in [5, 5.41) is 8.32. The highest BCUT2D eigenvalue weighted by atomic mass is 35.5. The molecular weight excluding hydrogens is 1100 g/mol. The normalized spacial score (nSPS) is 29.7. The number of urea groups is 1. The van der Waals surface area contributed by atoms with Crippen molar-refractivity contribution in [3.8, 4) is 0 Å². The molecule has 6 heterocycles. The maximum absolute atomic E-state index is 13.3. The Kier molecular flexibility index (Phi) is 20.6. The number of nitrogens with two attached hydrogens (primary N) is 1. The molecule has 4 aromatic rings. The maximum Gasteiger partial charge on any atom is 0.482 e. The molecule has 0 spiro atoms. The number of furan rings is 2. The van der Waals surface area contributed by atoms with Crippen LogP contribution in [0.15, 0.2) is 74.9 Å². The van der Waals surface area contributed by atoms with Gasteiger partial charge in [-0.25, -0.2) is 24.2 Å². The van der Waals surface area contributed by atoms with Crippen LogP contribution in [0.4, 0.5) is 14.4 Å². The average molecular weight is 1200 g/mol. The number of hydrogen-bond acceptors (Lipinski definition) is 14. The Bertz CT molecular complexity index is 3010. The van der Waals surface area contributed by atoms with Gasteiger partial charge >= 0.3 is 32.5 Å². The lowest BCUT2D eigenvalue weighted by Gasteiger charge is -2.64. The van der Waals surface area contributed by atoms with Crippen molar-refractivity contribution in [3.05, 3.63) is 72.2 Å². The monoisotopic (exact) mass is 1200 g/mol. The zero-order valence-electron chi connectivity index (χ0n) is 50.8. The number of hydrogen-bond donors (Lipinski definition) is 3. The van der Waals surface area contributed by atoms with Gasteiger partial charge in [0.15, 0.2) is 0 Å². The summed E-state index contributed by atoms with van der Waals surface area (Å²) in [6.45, 7) is 26.9. The van der Waals surface area contributed by atoms with Gasteiger partial charge in [-0.1, -0.05) is 78.9 Å². The quantitative estimate of drug-likeness (QED) is 0.0724. The third kappa shape index (κ3) is 13.8. The maximum atomic E-state index is 13.3. The number of fused-ring (bicyclic) bond motifs is 2. The van der Waals surface area contributed by atoms with Gasteiger partial charge in [-0.15, -0.1) is 12.4 Å². The number of rotatable bonds is 11. The molecule has 0 unspecified atom stereocenters. The Morgan fingerprint density at radius 1 is 0.706 bits per heavy atom. The molecule has 0 radical (unpaired) electrons. The number of aliphatic imine (C=N–C) groups is 1. The molecule has 2 aromatic carbocycles. The molecule has 14 rings (SSSR count). The van der Waals surface area contributed by atoms with Gasteiger partial charge in [0, 0.05) is 36.3 Å². The third-order valence-corrected chi connectivity index (χ3v) is 19.8. The molecular formula is C64H97B2ClN6O12. The van der Waals surface area contributed by atoms with Crippen molar-refractivity contribution < 1.29 is 56.1 Å². The van der Waals surface area contributed by atoms with Crippen molar-refractivity contribution in [2.45, 2.75) is 221 Å². The molecule has 10 aliphatic rings. The van der Waals surface area contributed by atoms with Gasteiger partial charge < -0.3 is 63.1 Å². The van der Waals surface area contributed by atoms with E-state index < -0.39 is 24.3 Å². The molecule has 4 saturated heterocycles. The van der Waals surface area contributed by atoms with Crippen LogP contribution in [0.5, 0.6) is 0 Å². The van der Waals surface area contributed by atoms with Crippen LogP contribution in [-0.4, -0.2) is 133 Å². The number of ether oxygens (including phenoxy) is 2. The lowest BCUT2D eigenvalue weighted by atomic mass is 9.43. The molecule has 4 N–H and O–H groups in total. The van der Waals surface area contributed by atoms with Crippen LogP contribution in [0.25, 0.3) is 21.9 Å². The third-order valence-electron chi connectivity index (χ3n) is 19.8. The fraction of sp³-hybridized carbons (Fsp3) is 0.688. The minimum Gasteiger partial charge on any atom is -0.464 e. The molecule has 18 nitrogen and oxygen atoms in total. The van der Waals surface area contributed by atoms with Gasteiger partial charge in [-0.3, -0.25) is 0 Å². The predicted octanol–water partition coefficient (Wildman–Crippen LogP) is 12.3. The summed E-state index contributed by atoms with van der Waals surface area (Å²) in [7, 11) is -0.914. The van der Waals surface area contributed by atoms with Gasteiger partial charge in [0.25, 0.3) is 0 Å². The lowest BCUT2D eigenvalue weighted by Crippen LogP contribution is -2.65. The number of benzene rings is 2. The summed E-state index contributed by atoms with van der Waals surface area (Å²) < 4.78 is 48.5. The Morgan fingerprint density at radius 3 is 1.66 bits per heavy atom. The number of amides is 4. The standard InChI is InChI=1S/C31H44BN3O6.C20H26BNO3.C11H18N2O3.2CH4.ClH/c1-29(2,3)39-28(37)35-13-9-10-21(35)17-33-27(36)34-26(14-19-18-38-23-12-8-7-11-22(19)23)32-40-25-16-20-15-24(30(20,4)5)31(25,6)41-32;1-19(2)13-9-16(19)20(3)17(10-13)24-21(25-20)18(22)8-12-11-23-15-7-5-4-6-14(12)15;1-11(2,3)16-10(15)13-6-4-5-9(13)7-12-8-14;;;/h7-8,11-12,18,20-21,24-26H,9-10,13-17H2,1-6H3,(H2,33,34,36);4-7,11,13,16-18H,8-10,22H2,1-3H3;9H,4-7H2,1-3H3;2*1H4;1H/t20-,21+,24-,25+,26-,31-;13-,16-,17+,18-,20-;9-;;;/m001.../s1. The van der Waals surface area contributed by atoms with E-state index in [9.17, 15) is 19.2 Å². The van der Waals surface area contributed by atoms with Crippen molar-refractivity contribution in [1.82, 2.24) is 20.4 Å². The largest absolute Gasteiger partial charge is 0.482 e. The fourth-order valence-electron chi connectivity index (χ4n) is 15.1. The van der Waals surface area contributed by atoms with E-state index in [1.165, 1.54) is 12.5 Å². The van der Waals surface area contributed by atoms with Gasteiger partial charge in [0.2, 0.25) is 6.08 Å². The van der Waals surface area contributed by atoms with Gasteiger partial charge in [-0.05, 0) is 177 Å². The highest BCUT2D eigenvalue weighted by Crippen LogP contribution is 2.67. The molecule has 2 aromatic heterocycles. The molecule has 6 saturated carbocycles. The highest BCUT2D eigenvalue weighted by Gasteiger charge is 2.70. The van der Waals surface area contributed by atoms with Crippen LogP contribution >= 0.6 is 12.4 Å². The number of nitrogens with one attached hydrogen (secondary N) is 2. The number of carbonyl (C=O) groups is 3. The van der Waals surface area contributed by atoms with E-state index in [2.05, 4.69) is 63.2 Å². The molecule has 12 atom stereocenters. The van der Waals surface area contributed by atoms with Crippen LogP contribution in [-0.2, 0) is 45.7 Å². The van der Waals surface area contributed by atoms with E-state index in [0.29, 0.717) is 62.2 Å². The Hall–Kier alpha value is -5.07. The highest BCUT2D eigenvalue weighted by molar-refractivity contribution is 6.48. The van der Waals surface area contributed by atoms with Crippen molar-refractivity contribution in [3.63, 3.8) is 0 Å². The van der Waals surface area contributed by atoms with Crippen LogP contribution in [0.1, 0.15) is 160 Å². The van der Waals surface area contributed by atoms with E-state index in [4.69, 9.17) is 42.7 Å². The lowest BCUT2D eigenvalue weighted by molar-refractivity contribution is -0.199. The Morgan fingerprint density at radius 2 is 1.16 bits per heavy atom. The fourth-order valence-corrected chi connectivity index (χ4v) is 15.1. The second-order valence-corrected chi connectivity index (χ2v) is 28.1. The minimum absolute atomic E-state index is 0. The Labute approximate surface area is 511 Å². The molecule has 85 heavy (non-hydrogen) atoms. The van der Waals surface area contributed by atoms with Gasteiger partial charge in [0.1, 0.15) is 22.4 Å². The molecule has 468 valence electrons. The van der Waals surface area contributed by atoms with Gasteiger partial charge in [-0.2, -0.15) is 0 Å². The smallest absolute Gasteiger partial charge is 0.464 e. The van der Waals surface area contributed by atoms with Gasteiger partial charge in [0.05, 0.1) is 60.5 Å². The van der Waals surface area contributed by atoms with Crippen LogP contribution in [0.3, 0.4) is 0 Å². The molecule has 21 heteroatoms. The first kappa shape index (κ1) is 67.4. The van der Waals surface area contributed by atoms with Crippen molar-refractivity contribution in [2.24, 2.45) is 45.2 Å². The number of carbonyl (C=O) groups excluding carboxylic acids is 4. The number of likely N-dealkylation sites (tertiary alicyclic amines) is 2. The average Bonchev–Trinajstić information content (AvgIpc) is 2.14. The van der Waals surface area contributed by atoms with Crippen LogP contribution in [0, 0.1) is 34.5 Å². The minimum atomic E-state index is -0.579. The van der Waals surface area contributed by atoms with Crippen molar-refractivity contribution in [1.29, 1.82) is 0 Å². The summed E-state index contributed by atoms with van der Waals surface area (Å²) in [6, 6.07) is 15.6. The summed E-state index contributed by atoms with van der Waals surface area (Å²) in [5.41, 5.74) is 9.30.